The molecule has 0 bridgehead atoms. The summed E-state index contributed by atoms with van der Waals surface area (Å²) in [6, 6.07) is 0. The third-order valence-corrected chi connectivity index (χ3v) is 18.5. The minimum absolute atomic E-state index is 0.106. The monoisotopic (exact) mass is 1340 g/mol. The minimum atomic E-state index is -4.95. The molecule has 0 saturated carbocycles. The van der Waals surface area contributed by atoms with Crippen molar-refractivity contribution < 1.29 is 80.2 Å². The highest BCUT2D eigenvalue weighted by Crippen LogP contribution is 2.45. The van der Waals surface area contributed by atoms with Crippen LogP contribution in [-0.2, 0) is 65.4 Å². The number of hydrogen-bond donors (Lipinski definition) is 3. The van der Waals surface area contributed by atoms with E-state index < -0.39 is 97.5 Å². The van der Waals surface area contributed by atoms with E-state index in [2.05, 4.69) is 48.5 Å². The first kappa shape index (κ1) is 89.1. The van der Waals surface area contributed by atoms with Crippen LogP contribution in [0.1, 0.15) is 363 Å². The second kappa shape index (κ2) is 62.8. The first-order valence-corrected chi connectivity index (χ1v) is 40.3. The Bertz CT molecular complexity index is 1780. The molecule has 0 saturated heterocycles. The Morgan fingerprint density at radius 2 is 0.505 bits per heavy atom. The second-order valence-electron chi connectivity index (χ2n) is 27.4. The normalized spacial score (nSPS) is 14.2. The highest BCUT2D eigenvalue weighted by molar-refractivity contribution is 7.47. The minimum Gasteiger partial charge on any atom is -0.462 e. The summed E-state index contributed by atoms with van der Waals surface area (Å²) in [5, 5.41) is 10.6. The smallest absolute Gasteiger partial charge is 0.462 e. The number of ether oxygens (including phenoxy) is 4. The fourth-order valence-electron chi connectivity index (χ4n) is 10.9. The van der Waals surface area contributed by atoms with Crippen molar-refractivity contribution in [1.29, 1.82) is 0 Å². The third kappa shape index (κ3) is 66.5. The van der Waals surface area contributed by atoms with E-state index in [1.165, 1.54) is 167 Å². The predicted molar refractivity (Wildman–Crippen MR) is 368 cm³/mol. The highest BCUT2D eigenvalue weighted by Gasteiger charge is 2.30. The summed E-state index contributed by atoms with van der Waals surface area (Å²) in [7, 11) is -9.90. The molecule has 19 heteroatoms. The summed E-state index contributed by atoms with van der Waals surface area (Å²) in [4.78, 5) is 72.6. The van der Waals surface area contributed by atoms with Crippen molar-refractivity contribution in [3.05, 3.63) is 0 Å². The quantitative estimate of drug-likeness (QED) is 0.0222. The maximum absolute atomic E-state index is 13.0. The summed E-state index contributed by atoms with van der Waals surface area (Å²) in [6.07, 6.45) is 47.2. The Morgan fingerprint density at radius 1 is 0.297 bits per heavy atom. The van der Waals surface area contributed by atoms with Gasteiger partial charge in [0.1, 0.15) is 19.3 Å². The lowest BCUT2D eigenvalue weighted by molar-refractivity contribution is -0.161. The van der Waals surface area contributed by atoms with E-state index in [9.17, 15) is 43.2 Å². The number of unbranched alkanes of at least 4 members (excludes halogenated alkanes) is 38. The van der Waals surface area contributed by atoms with Gasteiger partial charge in [0, 0.05) is 25.7 Å². The van der Waals surface area contributed by atoms with Gasteiger partial charge in [0.05, 0.1) is 26.4 Å². The molecule has 2 unspecified atom stereocenters. The molecule has 0 fully saturated rings. The van der Waals surface area contributed by atoms with Crippen LogP contribution in [0.4, 0.5) is 0 Å². The molecule has 0 aliphatic heterocycles. The molecule has 91 heavy (non-hydrogen) atoms. The molecule has 0 radical (unpaired) electrons. The largest absolute Gasteiger partial charge is 0.472 e. The first-order valence-electron chi connectivity index (χ1n) is 37.3. The van der Waals surface area contributed by atoms with Gasteiger partial charge in [-0.2, -0.15) is 0 Å². The van der Waals surface area contributed by atoms with Gasteiger partial charge in [0.2, 0.25) is 0 Å². The molecule has 0 heterocycles. The molecule has 0 aromatic rings. The van der Waals surface area contributed by atoms with Crippen LogP contribution in [0.2, 0.25) is 0 Å². The Hall–Kier alpha value is -1.94. The average molecular weight is 1340 g/mol. The number of carbonyl (C=O) groups excluding carboxylic acids is 4. The van der Waals surface area contributed by atoms with Gasteiger partial charge < -0.3 is 33.8 Å². The maximum Gasteiger partial charge on any atom is 0.472 e. The summed E-state index contributed by atoms with van der Waals surface area (Å²) < 4.78 is 68.3. The molecule has 5 atom stereocenters. The Kier molecular flexibility index (Phi) is 61.5. The zero-order chi connectivity index (χ0) is 67.3. The van der Waals surface area contributed by atoms with E-state index in [1.54, 1.807) is 0 Å². The Morgan fingerprint density at radius 3 is 0.747 bits per heavy atom. The molecular formula is C72H140O17P2. The van der Waals surface area contributed by atoms with Crippen LogP contribution in [0, 0.1) is 17.8 Å². The van der Waals surface area contributed by atoms with Crippen LogP contribution in [-0.4, -0.2) is 96.7 Å². The van der Waals surface area contributed by atoms with Crippen LogP contribution < -0.4 is 0 Å². The summed E-state index contributed by atoms with van der Waals surface area (Å²) in [5.41, 5.74) is 0. The van der Waals surface area contributed by atoms with E-state index in [0.717, 1.165) is 108 Å². The predicted octanol–water partition coefficient (Wildman–Crippen LogP) is 20.6. The standard InChI is InChI=1S/C72H140O17P2/c1-8-9-10-11-12-13-18-26-33-41-48-55-71(76)89-68(60-83-70(75)54-47-40-35-28-31-38-45-52-65(6)7)62-87-91(80,81)85-58-66(73)57-84-90(78,79)86-61-67(88-72(77)56-49-42-34-27-22-17-15-20-24-30-37-44-51-64(4)5)59-82-69(74)53-46-39-32-25-21-16-14-19-23-29-36-43-50-63(2)3/h63-68,73H,8-62H2,1-7H3,(H,78,79)(H,80,81)/t66-,67-,68-/m1/s1. The van der Waals surface area contributed by atoms with E-state index in [4.69, 9.17) is 37.0 Å². The van der Waals surface area contributed by atoms with Gasteiger partial charge in [0.15, 0.2) is 12.2 Å². The fraction of sp³-hybridized carbons (Fsp3) is 0.944. The molecule has 540 valence electrons. The van der Waals surface area contributed by atoms with Crippen LogP contribution in [0.25, 0.3) is 0 Å². The molecule has 0 rings (SSSR count). The lowest BCUT2D eigenvalue weighted by Crippen LogP contribution is -2.30. The average Bonchev–Trinajstić information content (AvgIpc) is 3.42. The lowest BCUT2D eigenvalue weighted by Gasteiger charge is -2.21. The van der Waals surface area contributed by atoms with Crippen LogP contribution in [0.3, 0.4) is 0 Å². The molecular weight excluding hydrogens is 1200 g/mol. The molecule has 0 aliphatic carbocycles. The number of rotatable bonds is 70. The SMILES string of the molecule is CCCCCCCCCCCCCC(=O)O[C@H](COC(=O)CCCCCCCCCC(C)C)COP(=O)(O)OC[C@H](O)COP(=O)(O)OC[C@@H](COC(=O)CCCCCCCCCCCCCCC(C)C)OC(=O)CCCCCCCCCCCCCCC(C)C. The van der Waals surface area contributed by atoms with Crippen molar-refractivity contribution in [2.45, 2.75) is 381 Å². The van der Waals surface area contributed by atoms with Crippen molar-refractivity contribution in [3.8, 4) is 0 Å². The zero-order valence-corrected chi connectivity index (χ0v) is 61.1. The van der Waals surface area contributed by atoms with Crippen LogP contribution in [0.5, 0.6) is 0 Å². The van der Waals surface area contributed by atoms with E-state index in [-0.39, 0.29) is 25.7 Å². The maximum atomic E-state index is 13.0. The number of esters is 4. The first-order chi connectivity index (χ1) is 43.7. The molecule has 0 aromatic heterocycles. The van der Waals surface area contributed by atoms with Gasteiger partial charge in [-0.05, 0) is 43.4 Å². The number of carbonyl (C=O) groups is 4. The Balaban J connectivity index is 5.25. The third-order valence-electron chi connectivity index (χ3n) is 16.6. The molecule has 3 N–H and O–H groups in total. The molecule has 17 nitrogen and oxygen atoms in total. The van der Waals surface area contributed by atoms with Crippen molar-refractivity contribution in [2.24, 2.45) is 17.8 Å². The molecule has 0 spiro atoms. The van der Waals surface area contributed by atoms with Crippen molar-refractivity contribution in [3.63, 3.8) is 0 Å². The van der Waals surface area contributed by atoms with Gasteiger partial charge in [-0.15, -0.1) is 0 Å². The summed E-state index contributed by atoms with van der Waals surface area (Å²) in [5.74, 6) is 0.141. The topological polar surface area (TPSA) is 237 Å². The van der Waals surface area contributed by atoms with Gasteiger partial charge in [-0.3, -0.25) is 37.3 Å². The van der Waals surface area contributed by atoms with Gasteiger partial charge in [-0.1, -0.05) is 312 Å². The van der Waals surface area contributed by atoms with E-state index in [1.807, 2.05) is 0 Å². The van der Waals surface area contributed by atoms with Crippen LogP contribution >= 0.6 is 15.6 Å². The van der Waals surface area contributed by atoms with E-state index in [0.29, 0.717) is 31.6 Å². The number of hydrogen-bond acceptors (Lipinski definition) is 15. The molecule has 0 amide bonds. The van der Waals surface area contributed by atoms with Gasteiger partial charge in [0.25, 0.3) is 0 Å². The molecule has 0 aromatic carbocycles. The fourth-order valence-corrected chi connectivity index (χ4v) is 12.5. The summed E-state index contributed by atoms with van der Waals surface area (Å²) >= 11 is 0. The van der Waals surface area contributed by atoms with Crippen LogP contribution in [0.15, 0.2) is 0 Å². The van der Waals surface area contributed by atoms with Crippen molar-refractivity contribution >= 4 is 39.5 Å². The van der Waals surface area contributed by atoms with Crippen molar-refractivity contribution in [1.82, 2.24) is 0 Å². The zero-order valence-electron chi connectivity index (χ0n) is 59.3. The lowest BCUT2D eigenvalue weighted by atomic mass is 10.0. The highest BCUT2D eigenvalue weighted by atomic mass is 31.2. The van der Waals surface area contributed by atoms with Crippen molar-refractivity contribution in [2.75, 3.05) is 39.6 Å². The van der Waals surface area contributed by atoms with Gasteiger partial charge in [-0.25, -0.2) is 9.13 Å². The van der Waals surface area contributed by atoms with Gasteiger partial charge >= 0.3 is 39.5 Å². The Labute approximate surface area is 556 Å². The number of aliphatic hydroxyl groups excluding tert-OH is 1. The number of phosphoric ester groups is 2. The number of aliphatic hydroxyl groups is 1. The summed E-state index contributed by atoms with van der Waals surface area (Å²) in [6.45, 7) is 11.8. The number of phosphoric acid groups is 2. The van der Waals surface area contributed by atoms with E-state index >= 15 is 0 Å². The second-order valence-corrected chi connectivity index (χ2v) is 30.3. The molecule has 0 aliphatic rings.